The molecule has 0 heterocycles. The molecule has 0 unspecified atom stereocenters. The number of hydrogen-bond acceptors (Lipinski definition) is 4. The van der Waals surface area contributed by atoms with E-state index in [1.165, 1.54) is 0 Å². The van der Waals surface area contributed by atoms with Crippen LogP contribution in [-0.2, 0) is 0 Å². The van der Waals surface area contributed by atoms with Gasteiger partial charge in [-0.25, -0.2) is 0 Å². The zero-order valence-electron chi connectivity index (χ0n) is 9.41. The number of hydrogen-bond donors (Lipinski definition) is 2. The first-order chi connectivity index (χ1) is 8.86. The molecule has 4 nitrogen and oxygen atoms in total. The van der Waals surface area contributed by atoms with Crippen molar-refractivity contribution >= 4 is 11.4 Å². The minimum Gasteiger partial charge on any atom is -0.410 e. The van der Waals surface area contributed by atoms with Gasteiger partial charge in [-0.15, -0.1) is 0 Å². The summed E-state index contributed by atoms with van der Waals surface area (Å²) in [6.45, 7) is 0. The molecule has 2 aromatic rings. The second-order valence-electron chi connectivity index (χ2n) is 3.99. The van der Waals surface area contributed by atoms with Gasteiger partial charge in [0, 0.05) is 11.1 Å². The van der Waals surface area contributed by atoms with Crippen LogP contribution in [0.1, 0.15) is 11.1 Å². The molecule has 2 N–H and O–H groups in total. The smallest absolute Gasteiger partial charge is 0.140 e. The molecule has 4 heteroatoms. The predicted molar refractivity (Wildman–Crippen MR) is 68.5 cm³/mol. The molecule has 0 radical (unpaired) electrons. The van der Waals surface area contributed by atoms with E-state index in [9.17, 15) is 0 Å². The van der Waals surface area contributed by atoms with E-state index in [-0.39, 0.29) is 11.4 Å². The summed E-state index contributed by atoms with van der Waals surface area (Å²) in [6.07, 6.45) is 0. The fourth-order valence-electron chi connectivity index (χ4n) is 2.31. The van der Waals surface area contributed by atoms with Crippen LogP contribution >= 0.6 is 0 Å². The maximum atomic E-state index is 9.16. The second-order valence-corrected chi connectivity index (χ2v) is 3.99. The Hall–Kier alpha value is -2.62. The van der Waals surface area contributed by atoms with Crippen molar-refractivity contribution in [1.82, 2.24) is 0 Å². The Morgan fingerprint density at radius 3 is 1.22 bits per heavy atom. The van der Waals surface area contributed by atoms with Crippen LogP contribution in [0.25, 0.3) is 11.1 Å². The van der Waals surface area contributed by atoms with Gasteiger partial charge in [-0.05, 0) is 11.1 Å². The molecular weight excluding hydrogens is 228 g/mol. The van der Waals surface area contributed by atoms with E-state index in [2.05, 4.69) is 10.3 Å². The highest BCUT2D eigenvalue weighted by atomic mass is 16.4. The average molecular weight is 238 g/mol. The van der Waals surface area contributed by atoms with Gasteiger partial charge in [0.15, 0.2) is 0 Å². The number of oxime groups is 2. The Bertz CT molecular complexity index is 615. The summed E-state index contributed by atoms with van der Waals surface area (Å²) >= 11 is 0. The topological polar surface area (TPSA) is 65.2 Å². The summed E-state index contributed by atoms with van der Waals surface area (Å²) in [7, 11) is 0. The van der Waals surface area contributed by atoms with Crippen molar-refractivity contribution in [1.29, 1.82) is 0 Å². The first-order valence-corrected chi connectivity index (χ1v) is 5.50. The van der Waals surface area contributed by atoms with E-state index in [1.807, 2.05) is 48.5 Å². The summed E-state index contributed by atoms with van der Waals surface area (Å²) in [5, 5.41) is 24.9. The van der Waals surface area contributed by atoms with E-state index in [1.54, 1.807) is 0 Å². The first-order valence-electron chi connectivity index (χ1n) is 5.50. The fourth-order valence-corrected chi connectivity index (χ4v) is 2.31. The average Bonchev–Trinajstić information content (AvgIpc) is 2.45. The molecule has 0 saturated heterocycles. The molecule has 0 amide bonds. The zero-order chi connectivity index (χ0) is 12.5. The molecule has 0 atom stereocenters. The van der Waals surface area contributed by atoms with Crippen molar-refractivity contribution in [2.24, 2.45) is 10.3 Å². The van der Waals surface area contributed by atoms with Crippen LogP contribution < -0.4 is 0 Å². The molecule has 0 saturated carbocycles. The monoisotopic (exact) mass is 238 g/mol. The van der Waals surface area contributed by atoms with Crippen molar-refractivity contribution in [2.45, 2.75) is 0 Å². The van der Waals surface area contributed by atoms with Gasteiger partial charge in [-0.2, -0.15) is 0 Å². The lowest BCUT2D eigenvalue weighted by atomic mass is 9.83. The van der Waals surface area contributed by atoms with Crippen LogP contribution in [0.3, 0.4) is 0 Å². The van der Waals surface area contributed by atoms with Crippen LogP contribution in [0.15, 0.2) is 58.8 Å². The lowest BCUT2D eigenvalue weighted by molar-refractivity contribution is 0.314. The van der Waals surface area contributed by atoms with E-state index < -0.39 is 0 Å². The third-order valence-electron chi connectivity index (χ3n) is 3.08. The predicted octanol–water partition coefficient (Wildman–Crippen LogP) is 2.72. The SMILES string of the molecule is O/N=C1\C(=N\O)c2ccccc2-c2ccccc21. The van der Waals surface area contributed by atoms with Gasteiger partial charge in [0.05, 0.1) is 0 Å². The third-order valence-corrected chi connectivity index (χ3v) is 3.08. The highest BCUT2D eigenvalue weighted by Crippen LogP contribution is 2.33. The molecule has 0 spiro atoms. The zero-order valence-corrected chi connectivity index (χ0v) is 9.41. The fraction of sp³-hybridized carbons (Fsp3) is 0. The molecular formula is C14H10N2O2. The van der Waals surface area contributed by atoms with Gasteiger partial charge in [0.2, 0.25) is 0 Å². The summed E-state index contributed by atoms with van der Waals surface area (Å²) in [4.78, 5) is 0. The minimum atomic E-state index is 0.284. The van der Waals surface area contributed by atoms with Gasteiger partial charge in [0.1, 0.15) is 11.4 Å². The Balaban J connectivity index is 2.42. The number of rotatable bonds is 0. The standard InChI is InChI=1S/C14H10N2O2/c17-15-13-11-7-3-1-5-9(11)10-6-2-4-8-12(10)14(13)16-18/h1-8,17-18H/b15-13-,16-14+. The normalized spacial score (nSPS) is 17.6. The van der Waals surface area contributed by atoms with E-state index in [0.717, 1.165) is 22.3 Å². The Kier molecular flexibility index (Phi) is 2.34. The molecule has 3 rings (SSSR count). The third kappa shape index (κ3) is 1.32. The Morgan fingerprint density at radius 1 is 0.556 bits per heavy atom. The highest BCUT2D eigenvalue weighted by molar-refractivity contribution is 6.56. The number of nitrogens with zero attached hydrogens (tertiary/aromatic N) is 2. The first kappa shape index (κ1) is 10.5. The van der Waals surface area contributed by atoms with Gasteiger partial charge in [-0.1, -0.05) is 58.8 Å². The summed E-state index contributed by atoms with van der Waals surface area (Å²) in [6, 6.07) is 15.1. The van der Waals surface area contributed by atoms with Crippen molar-refractivity contribution in [2.75, 3.05) is 0 Å². The van der Waals surface area contributed by atoms with Crippen LogP contribution in [0.5, 0.6) is 0 Å². The number of fused-ring (bicyclic) bond motifs is 3. The molecule has 0 aromatic heterocycles. The van der Waals surface area contributed by atoms with Crippen molar-refractivity contribution in [3.63, 3.8) is 0 Å². The van der Waals surface area contributed by atoms with Crippen molar-refractivity contribution < 1.29 is 10.4 Å². The number of benzene rings is 2. The highest BCUT2D eigenvalue weighted by Gasteiger charge is 2.27. The molecule has 2 aromatic carbocycles. The van der Waals surface area contributed by atoms with Gasteiger partial charge < -0.3 is 10.4 Å². The van der Waals surface area contributed by atoms with Crippen LogP contribution in [-0.4, -0.2) is 21.8 Å². The van der Waals surface area contributed by atoms with E-state index >= 15 is 0 Å². The molecule has 0 fully saturated rings. The molecule has 1 aliphatic rings. The lowest BCUT2D eigenvalue weighted by Crippen LogP contribution is -2.23. The van der Waals surface area contributed by atoms with Crippen molar-refractivity contribution in [3.8, 4) is 11.1 Å². The van der Waals surface area contributed by atoms with E-state index in [4.69, 9.17) is 10.4 Å². The molecule has 18 heavy (non-hydrogen) atoms. The van der Waals surface area contributed by atoms with Gasteiger partial charge in [-0.3, -0.25) is 0 Å². The van der Waals surface area contributed by atoms with Crippen LogP contribution in [0.4, 0.5) is 0 Å². The molecule has 0 bridgehead atoms. The van der Waals surface area contributed by atoms with Gasteiger partial charge >= 0.3 is 0 Å². The summed E-state index contributed by atoms with van der Waals surface area (Å²) in [5.41, 5.74) is 4.01. The maximum Gasteiger partial charge on any atom is 0.140 e. The van der Waals surface area contributed by atoms with Crippen LogP contribution in [0.2, 0.25) is 0 Å². The molecule has 0 aliphatic heterocycles. The Morgan fingerprint density at radius 2 is 0.889 bits per heavy atom. The second kappa shape index (κ2) is 4.00. The molecule has 1 aliphatic carbocycles. The van der Waals surface area contributed by atoms with Gasteiger partial charge in [0.25, 0.3) is 0 Å². The summed E-state index contributed by atoms with van der Waals surface area (Å²) in [5.74, 6) is 0. The lowest BCUT2D eigenvalue weighted by Gasteiger charge is -2.20. The Labute approximate surface area is 103 Å². The minimum absolute atomic E-state index is 0.284. The van der Waals surface area contributed by atoms with Crippen molar-refractivity contribution in [3.05, 3.63) is 59.7 Å². The quantitative estimate of drug-likeness (QED) is 0.547. The van der Waals surface area contributed by atoms with Crippen LogP contribution in [0, 0.1) is 0 Å². The molecule has 88 valence electrons. The largest absolute Gasteiger partial charge is 0.410 e. The summed E-state index contributed by atoms with van der Waals surface area (Å²) < 4.78 is 0. The maximum absolute atomic E-state index is 9.16. The van der Waals surface area contributed by atoms with E-state index in [0.29, 0.717) is 0 Å².